The van der Waals surface area contributed by atoms with E-state index in [1.165, 1.54) is 25.8 Å². The summed E-state index contributed by atoms with van der Waals surface area (Å²) in [5, 5.41) is 3.86. The first-order valence-electron chi connectivity index (χ1n) is 6.59. The van der Waals surface area contributed by atoms with Gasteiger partial charge in [0.25, 0.3) is 0 Å². The molecular weight excluding hydrogens is 250 g/mol. The molecule has 0 amide bonds. The van der Waals surface area contributed by atoms with Crippen molar-refractivity contribution in [3.8, 4) is 6.01 Å². The molecule has 0 saturated carbocycles. The van der Waals surface area contributed by atoms with Gasteiger partial charge in [0, 0.05) is 5.69 Å². The van der Waals surface area contributed by atoms with Crippen LogP contribution in [0.3, 0.4) is 0 Å². The van der Waals surface area contributed by atoms with Crippen molar-refractivity contribution in [1.29, 1.82) is 0 Å². The van der Waals surface area contributed by atoms with Gasteiger partial charge < -0.3 is 10.1 Å². The highest BCUT2D eigenvalue weighted by Gasteiger charge is 2.12. The van der Waals surface area contributed by atoms with Crippen LogP contribution in [0.15, 0.2) is 6.07 Å². The van der Waals surface area contributed by atoms with Crippen LogP contribution in [0.2, 0.25) is 5.15 Å². The van der Waals surface area contributed by atoms with Crippen molar-refractivity contribution in [2.45, 2.75) is 32.6 Å². The van der Waals surface area contributed by atoms with Gasteiger partial charge in [0.15, 0.2) is 0 Å². The van der Waals surface area contributed by atoms with Crippen LogP contribution in [0.1, 0.15) is 31.4 Å². The molecular formula is C13H20ClN3O. The Balaban J connectivity index is 1.68. The third-order valence-electron chi connectivity index (χ3n) is 3.19. The van der Waals surface area contributed by atoms with Gasteiger partial charge in [-0.1, -0.05) is 11.6 Å². The molecule has 4 nitrogen and oxygen atoms in total. The molecule has 1 atom stereocenters. The van der Waals surface area contributed by atoms with Gasteiger partial charge in [-0.25, -0.2) is 4.98 Å². The summed E-state index contributed by atoms with van der Waals surface area (Å²) in [6.07, 6.45) is 4.87. The molecule has 0 aromatic carbocycles. The Labute approximate surface area is 113 Å². The molecule has 18 heavy (non-hydrogen) atoms. The van der Waals surface area contributed by atoms with Gasteiger partial charge in [0.05, 0.1) is 6.61 Å². The summed E-state index contributed by atoms with van der Waals surface area (Å²) < 4.78 is 5.53. The van der Waals surface area contributed by atoms with E-state index in [1.54, 1.807) is 6.07 Å². The van der Waals surface area contributed by atoms with E-state index < -0.39 is 0 Å². The minimum atomic E-state index is 0.391. The zero-order valence-electron chi connectivity index (χ0n) is 10.8. The van der Waals surface area contributed by atoms with Crippen LogP contribution >= 0.6 is 11.6 Å². The molecule has 0 spiro atoms. The van der Waals surface area contributed by atoms with Crippen molar-refractivity contribution in [2.24, 2.45) is 5.92 Å². The van der Waals surface area contributed by atoms with E-state index in [4.69, 9.17) is 16.3 Å². The van der Waals surface area contributed by atoms with E-state index in [1.807, 2.05) is 6.92 Å². The fraction of sp³-hybridized carbons (Fsp3) is 0.692. The molecule has 100 valence electrons. The number of nitrogens with one attached hydrogen (secondary N) is 1. The van der Waals surface area contributed by atoms with Gasteiger partial charge in [-0.05, 0) is 57.7 Å². The fourth-order valence-corrected chi connectivity index (χ4v) is 2.50. The third-order valence-corrected chi connectivity index (χ3v) is 3.38. The molecule has 2 heterocycles. The minimum absolute atomic E-state index is 0.391. The average Bonchev–Trinajstić information content (AvgIpc) is 2.35. The second-order valence-corrected chi connectivity index (χ2v) is 5.20. The molecule has 1 saturated heterocycles. The van der Waals surface area contributed by atoms with Crippen molar-refractivity contribution in [2.75, 3.05) is 19.7 Å². The second kappa shape index (κ2) is 6.90. The fourth-order valence-electron chi connectivity index (χ4n) is 2.27. The molecule has 0 radical (unpaired) electrons. The Morgan fingerprint density at radius 1 is 1.50 bits per heavy atom. The first-order valence-corrected chi connectivity index (χ1v) is 6.96. The van der Waals surface area contributed by atoms with E-state index in [9.17, 15) is 0 Å². The average molecular weight is 270 g/mol. The SMILES string of the molecule is Cc1cc(Cl)nc(OCCC[C@H]2CCCNC2)n1. The van der Waals surface area contributed by atoms with Gasteiger partial charge >= 0.3 is 6.01 Å². The first-order chi connectivity index (χ1) is 8.74. The Morgan fingerprint density at radius 2 is 2.39 bits per heavy atom. The van der Waals surface area contributed by atoms with Gasteiger partial charge in [-0.2, -0.15) is 4.98 Å². The van der Waals surface area contributed by atoms with Crippen LogP contribution in [0.4, 0.5) is 0 Å². The number of nitrogens with zero attached hydrogens (tertiary/aromatic N) is 2. The zero-order valence-corrected chi connectivity index (χ0v) is 11.5. The van der Waals surface area contributed by atoms with E-state index in [-0.39, 0.29) is 0 Å². The Bertz CT molecular complexity index is 360. The molecule has 2 rings (SSSR count). The number of halogens is 1. The highest BCUT2D eigenvalue weighted by Crippen LogP contribution is 2.16. The van der Waals surface area contributed by atoms with Crippen molar-refractivity contribution in [3.05, 3.63) is 16.9 Å². The van der Waals surface area contributed by atoms with Gasteiger partial charge in [0.1, 0.15) is 5.15 Å². The van der Waals surface area contributed by atoms with E-state index >= 15 is 0 Å². The normalized spacial score (nSPS) is 19.8. The first kappa shape index (κ1) is 13.6. The number of piperidine rings is 1. The quantitative estimate of drug-likeness (QED) is 0.659. The molecule has 0 unspecified atom stereocenters. The summed E-state index contributed by atoms with van der Waals surface area (Å²) in [6.45, 7) is 4.86. The number of rotatable bonds is 5. The molecule has 5 heteroatoms. The number of aromatic nitrogens is 2. The lowest BCUT2D eigenvalue weighted by Gasteiger charge is -2.22. The van der Waals surface area contributed by atoms with Gasteiger partial charge in [-0.15, -0.1) is 0 Å². The highest BCUT2D eigenvalue weighted by atomic mass is 35.5. The maximum atomic E-state index is 5.85. The van der Waals surface area contributed by atoms with E-state index in [0.29, 0.717) is 17.8 Å². The van der Waals surface area contributed by atoms with Crippen molar-refractivity contribution < 1.29 is 4.74 Å². The molecule has 0 bridgehead atoms. The number of aryl methyl sites for hydroxylation is 1. The van der Waals surface area contributed by atoms with Crippen LogP contribution in [0.5, 0.6) is 6.01 Å². The maximum Gasteiger partial charge on any atom is 0.318 e. The largest absolute Gasteiger partial charge is 0.463 e. The number of hydrogen-bond acceptors (Lipinski definition) is 4. The lowest BCUT2D eigenvalue weighted by molar-refractivity contribution is 0.259. The van der Waals surface area contributed by atoms with Crippen molar-refractivity contribution in [1.82, 2.24) is 15.3 Å². The predicted octanol–water partition coefficient (Wildman–Crippen LogP) is 2.60. The summed E-state index contributed by atoms with van der Waals surface area (Å²) in [5.74, 6) is 0.796. The number of hydrogen-bond donors (Lipinski definition) is 1. The molecule has 1 fully saturated rings. The molecule has 1 aromatic heterocycles. The standard InChI is InChI=1S/C13H20ClN3O/c1-10-8-12(14)17-13(16-10)18-7-3-5-11-4-2-6-15-9-11/h8,11,15H,2-7,9H2,1H3/t11-/m1/s1. The maximum absolute atomic E-state index is 5.85. The summed E-state index contributed by atoms with van der Waals surface area (Å²) in [6, 6.07) is 2.11. The minimum Gasteiger partial charge on any atom is -0.463 e. The topological polar surface area (TPSA) is 47.0 Å². The Hall–Kier alpha value is -0.870. The summed E-state index contributed by atoms with van der Waals surface area (Å²) in [7, 11) is 0. The third kappa shape index (κ3) is 4.42. The smallest absolute Gasteiger partial charge is 0.318 e. The summed E-state index contributed by atoms with van der Waals surface area (Å²) in [4.78, 5) is 8.23. The van der Waals surface area contributed by atoms with Crippen molar-refractivity contribution in [3.63, 3.8) is 0 Å². The second-order valence-electron chi connectivity index (χ2n) is 4.82. The van der Waals surface area contributed by atoms with Crippen LogP contribution in [0, 0.1) is 12.8 Å². The lowest BCUT2D eigenvalue weighted by atomic mass is 9.95. The Morgan fingerprint density at radius 3 is 3.11 bits per heavy atom. The summed E-state index contributed by atoms with van der Waals surface area (Å²) in [5.41, 5.74) is 0.835. The van der Waals surface area contributed by atoms with Crippen molar-refractivity contribution >= 4 is 11.6 Å². The van der Waals surface area contributed by atoms with E-state index in [0.717, 1.165) is 24.6 Å². The van der Waals surface area contributed by atoms with Crippen LogP contribution in [-0.2, 0) is 0 Å². The number of ether oxygens (including phenoxy) is 1. The predicted molar refractivity (Wildman–Crippen MR) is 72.1 cm³/mol. The highest BCUT2D eigenvalue weighted by molar-refractivity contribution is 6.29. The van der Waals surface area contributed by atoms with E-state index in [2.05, 4.69) is 15.3 Å². The lowest BCUT2D eigenvalue weighted by Crippen LogP contribution is -2.29. The van der Waals surface area contributed by atoms with Gasteiger partial charge in [-0.3, -0.25) is 0 Å². The molecule has 1 aliphatic heterocycles. The molecule has 0 aliphatic carbocycles. The molecule has 1 aliphatic rings. The summed E-state index contributed by atoms with van der Waals surface area (Å²) >= 11 is 5.85. The van der Waals surface area contributed by atoms with Crippen LogP contribution in [-0.4, -0.2) is 29.7 Å². The van der Waals surface area contributed by atoms with Crippen LogP contribution < -0.4 is 10.1 Å². The molecule has 1 aromatic rings. The van der Waals surface area contributed by atoms with Crippen LogP contribution in [0.25, 0.3) is 0 Å². The van der Waals surface area contributed by atoms with Gasteiger partial charge in [0.2, 0.25) is 0 Å². The monoisotopic (exact) mass is 269 g/mol. The molecule has 1 N–H and O–H groups in total. The zero-order chi connectivity index (χ0) is 12.8. The Kier molecular flexibility index (Phi) is 5.20.